The maximum Gasteiger partial charge on any atom is 0.155 e. The molecule has 0 aliphatic heterocycles. The summed E-state index contributed by atoms with van der Waals surface area (Å²) >= 11 is 0. The molecule has 24 heavy (non-hydrogen) atoms. The van der Waals surface area contributed by atoms with Gasteiger partial charge in [0.15, 0.2) is 5.78 Å². The van der Waals surface area contributed by atoms with Gasteiger partial charge in [0, 0.05) is 6.42 Å². The Kier molecular flexibility index (Phi) is 2.75. The fraction of sp³-hybridized carbons (Fsp3) is 0.818. The van der Waals surface area contributed by atoms with Gasteiger partial charge in [-0.3, -0.25) is 4.79 Å². The third kappa shape index (κ3) is 1.52. The molecule has 2 nitrogen and oxygen atoms in total. The average Bonchev–Trinajstić information content (AvgIpc) is 3.31. The summed E-state index contributed by atoms with van der Waals surface area (Å²) in [5.41, 5.74) is 1.83. The van der Waals surface area contributed by atoms with Crippen LogP contribution in [0.1, 0.15) is 65.7 Å². The molecule has 0 amide bonds. The molecule has 0 aromatic heterocycles. The molecule has 0 heterocycles. The van der Waals surface area contributed by atoms with Crippen molar-refractivity contribution in [3.8, 4) is 6.07 Å². The average molecular weight is 323 g/mol. The van der Waals surface area contributed by atoms with Gasteiger partial charge in [0.05, 0.1) is 11.5 Å². The maximum atomic E-state index is 11.9. The van der Waals surface area contributed by atoms with Gasteiger partial charge < -0.3 is 0 Å². The summed E-state index contributed by atoms with van der Waals surface area (Å²) in [6.07, 6.45) is 9.95. The van der Waals surface area contributed by atoms with Crippen LogP contribution in [-0.4, -0.2) is 5.78 Å². The molecule has 0 aromatic carbocycles. The smallest absolute Gasteiger partial charge is 0.155 e. The van der Waals surface area contributed by atoms with E-state index in [2.05, 4.69) is 26.8 Å². The SMILES string of the molecule is C[C@]12CCC(=O)C=C1CCC1C2CC[C@@]2(C)C1C1C[C@@H]1[C@]2(C)C#N. The molecule has 128 valence electrons. The van der Waals surface area contributed by atoms with Crippen LogP contribution in [0.3, 0.4) is 0 Å². The van der Waals surface area contributed by atoms with Gasteiger partial charge in [-0.15, -0.1) is 0 Å². The van der Waals surface area contributed by atoms with Crippen molar-refractivity contribution in [3.63, 3.8) is 0 Å². The Bertz CT molecular complexity index is 701. The first-order valence-electron chi connectivity index (χ1n) is 10.0. The predicted molar refractivity (Wildman–Crippen MR) is 92.8 cm³/mol. The number of carbonyl (C=O) groups is 1. The predicted octanol–water partition coefficient (Wildman–Crippen LogP) is 4.90. The van der Waals surface area contributed by atoms with Gasteiger partial charge >= 0.3 is 0 Å². The van der Waals surface area contributed by atoms with Crippen molar-refractivity contribution < 1.29 is 4.79 Å². The summed E-state index contributed by atoms with van der Waals surface area (Å²) in [5, 5.41) is 9.99. The lowest BCUT2D eigenvalue weighted by Gasteiger charge is -2.59. The number of rotatable bonds is 0. The molecule has 4 unspecified atom stereocenters. The molecule has 5 aliphatic carbocycles. The number of allylic oxidation sites excluding steroid dienone is 1. The lowest BCUT2D eigenvalue weighted by atomic mass is 9.44. The summed E-state index contributed by atoms with van der Waals surface area (Å²) in [6, 6.07) is 2.78. The Morgan fingerprint density at radius 2 is 1.88 bits per heavy atom. The quantitative estimate of drug-likeness (QED) is 0.636. The van der Waals surface area contributed by atoms with Gasteiger partial charge in [-0.25, -0.2) is 0 Å². The number of nitriles is 1. The van der Waals surface area contributed by atoms with Crippen LogP contribution in [0.2, 0.25) is 0 Å². The lowest BCUT2D eigenvalue weighted by molar-refractivity contribution is -0.118. The molecular weight excluding hydrogens is 294 g/mol. The van der Waals surface area contributed by atoms with Crippen LogP contribution >= 0.6 is 0 Å². The molecule has 5 aliphatic rings. The molecule has 4 fully saturated rings. The molecule has 2 heteroatoms. The van der Waals surface area contributed by atoms with E-state index in [4.69, 9.17) is 0 Å². The van der Waals surface area contributed by atoms with E-state index in [9.17, 15) is 10.1 Å². The highest BCUT2D eigenvalue weighted by Crippen LogP contribution is 2.79. The molecule has 0 aromatic rings. The van der Waals surface area contributed by atoms with Crippen molar-refractivity contribution in [3.05, 3.63) is 11.6 Å². The first kappa shape index (κ1) is 15.2. The standard InChI is InChI=1S/C22H29NO/c1-20-8-6-14(24)10-13(20)4-5-15-17(20)7-9-21(2)19(15)16-11-18(16)22(21,3)12-23/h10,15-19H,4-9,11H2,1-3H3/t15?,16?,17?,18-,19?,20-,21-,22-/m0/s1. The highest BCUT2D eigenvalue weighted by molar-refractivity contribution is 5.91. The second-order valence-corrected chi connectivity index (χ2v) is 10.2. The van der Waals surface area contributed by atoms with Gasteiger partial charge in [-0.05, 0) is 91.9 Å². The minimum Gasteiger partial charge on any atom is -0.295 e. The highest BCUT2D eigenvalue weighted by Gasteiger charge is 2.75. The Morgan fingerprint density at radius 1 is 1.08 bits per heavy atom. The molecular formula is C22H29NO. The normalized spacial score (nSPS) is 57.8. The number of carbonyl (C=O) groups excluding carboxylic acids is 1. The summed E-state index contributed by atoms with van der Waals surface area (Å²) in [4.78, 5) is 11.9. The third-order valence-corrected chi connectivity index (χ3v) is 9.67. The molecule has 4 saturated carbocycles. The molecule has 0 radical (unpaired) electrons. The van der Waals surface area contributed by atoms with Crippen LogP contribution in [0.15, 0.2) is 11.6 Å². The van der Waals surface area contributed by atoms with E-state index in [0.29, 0.717) is 11.7 Å². The number of hydrogen-bond acceptors (Lipinski definition) is 2. The molecule has 0 spiro atoms. The van der Waals surface area contributed by atoms with Crippen LogP contribution in [0.25, 0.3) is 0 Å². The number of nitrogens with zero attached hydrogens (tertiary/aromatic N) is 1. The van der Waals surface area contributed by atoms with E-state index in [0.717, 1.165) is 42.9 Å². The fourth-order valence-electron chi connectivity index (χ4n) is 8.11. The van der Waals surface area contributed by atoms with Crippen LogP contribution in [0.5, 0.6) is 0 Å². The zero-order chi connectivity index (χ0) is 16.9. The van der Waals surface area contributed by atoms with Crippen molar-refractivity contribution in [2.75, 3.05) is 0 Å². The minimum absolute atomic E-state index is 0.104. The maximum absolute atomic E-state index is 11.9. The molecule has 0 N–H and O–H groups in total. The van der Waals surface area contributed by atoms with Crippen molar-refractivity contribution >= 4 is 5.78 Å². The summed E-state index contributed by atoms with van der Waals surface area (Å²) in [7, 11) is 0. The zero-order valence-corrected chi connectivity index (χ0v) is 15.3. The Hall–Kier alpha value is -1.10. The molecule has 5 rings (SSSR count). The van der Waals surface area contributed by atoms with Gasteiger partial charge in [-0.2, -0.15) is 5.26 Å². The second kappa shape index (κ2) is 4.35. The van der Waals surface area contributed by atoms with E-state index in [1.54, 1.807) is 0 Å². The van der Waals surface area contributed by atoms with Gasteiger partial charge in [0.2, 0.25) is 0 Å². The fourth-order valence-corrected chi connectivity index (χ4v) is 8.11. The Morgan fingerprint density at radius 3 is 2.62 bits per heavy atom. The summed E-state index contributed by atoms with van der Waals surface area (Å²) in [5.74, 6) is 4.10. The van der Waals surface area contributed by atoms with Crippen LogP contribution < -0.4 is 0 Å². The Labute approximate surface area is 145 Å². The van der Waals surface area contributed by atoms with E-state index < -0.39 is 0 Å². The monoisotopic (exact) mass is 323 g/mol. The van der Waals surface area contributed by atoms with Gasteiger partial charge in [-0.1, -0.05) is 19.4 Å². The molecule has 0 saturated heterocycles. The van der Waals surface area contributed by atoms with Gasteiger partial charge in [0.1, 0.15) is 0 Å². The first-order chi connectivity index (χ1) is 11.3. The van der Waals surface area contributed by atoms with Crippen molar-refractivity contribution in [2.24, 2.45) is 45.8 Å². The third-order valence-electron chi connectivity index (χ3n) is 9.67. The van der Waals surface area contributed by atoms with E-state index in [-0.39, 0.29) is 16.2 Å². The topological polar surface area (TPSA) is 40.9 Å². The second-order valence-electron chi connectivity index (χ2n) is 10.2. The van der Waals surface area contributed by atoms with E-state index in [1.807, 2.05) is 6.08 Å². The van der Waals surface area contributed by atoms with E-state index >= 15 is 0 Å². The number of hydrogen-bond donors (Lipinski definition) is 0. The highest BCUT2D eigenvalue weighted by atomic mass is 16.1. The van der Waals surface area contributed by atoms with Crippen LogP contribution in [0, 0.1) is 57.2 Å². The van der Waals surface area contributed by atoms with E-state index in [1.165, 1.54) is 31.3 Å². The minimum atomic E-state index is -0.104. The van der Waals surface area contributed by atoms with Crippen molar-refractivity contribution in [2.45, 2.75) is 65.7 Å². The number of ketones is 1. The van der Waals surface area contributed by atoms with Crippen LogP contribution in [-0.2, 0) is 4.79 Å². The van der Waals surface area contributed by atoms with Crippen LogP contribution in [0.4, 0.5) is 0 Å². The Balaban J connectivity index is 1.55. The lowest BCUT2D eigenvalue weighted by Crippen LogP contribution is -2.53. The summed E-state index contributed by atoms with van der Waals surface area (Å²) < 4.78 is 0. The summed E-state index contributed by atoms with van der Waals surface area (Å²) in [6.45, 7) is 7.17. The largest absolute Gasteiger partial charge is 0.295 e. The number of fused-ring (bicyclic) bond motifs is 7. The molecule has 0 bridgehead atoms. The van der Waals surface area contributed by atoms with Crippen molar-refractivity contribution in [1.29, 1.82) is 5.26 Å². The zero-order valence-electron chi connectivity index (χ0n) is 15.3. The van der Waals surface area contributed by atoms with Crippen molar-refractivity contribution in [1.82, 2.24) is 0 Å². The molecule has 8 atom stereocenters. The first-order valence-corrected chi connectivity index (χ1v) is 10.0. The van der Waals surface area contributed by atoms with Gasteiger partial charge in [0.25, 0.3) is 0 Å².